The fourth-order valence-corrected chi connectivity index (χ4v) is 2.60. The number of nitrogens with one attached hydrogen (secondary N) is 1. The summed E-state index contributed by atoms with van der Waals surface area (Å²) in [6.45, 7) is 8.31. The Kier molecular flexibility index (Phi) is 3.59. The third-order valence-electron chi connectivity index (χ3n) is 3.91. The Hall–Kier alpha value is -1.65. The summed E-state index contributed by atoms with van der Waals surface area (Å²) in [6, 6.07) is 10.1. The summed E-state index contributed by atoms with van der Waals surface area (Å²) < 4.78 is 5.89. The molecular weight excluding hydrogens is 250 g/mol. The van der Waals surface area contributed by atoms with E-state index in [1.54, 1.807) is 0 Å². The second-order valence-corrected chi connectivity index (χ2v) is 5.90. The summed E-state index contributed by atoms with van der Waals surface area (Å²) >= 11 is 0. The Morgan fingerprint density at radius 1 is 1.30 bits per heavy atom. The van der Waals surface area contributed by atoms with Crippen molar-refractivity contribution in [2.75, 3.05) is 19.6 Å². The number of aromatic nitrogens is 1. The molecule has 1 aliphatic rings. The molecule has 0 saturated carbocycles. The van der Waals surface area contributed by atoms with Crippen molar-refractivity contribution in [3.63, 3.8) is 0 Å². The highest BCUT2D eigenvalue weighted by molar-refractivity contribution is 5.55. The zero-order valence-corrected chi connectivity index (χ0v) is 12.1. The van der Waals surface area contributed by atoms with Crippen LogP contribution in [0.3, 0.4) is 0 Å². The number of benzene rings is 1. The Morgan fingerprint density at radius 3 is 2.85 bits per heavy atom. The molecule has 1 aliphatic heterocycles. The van der Waals surface area contributed by atoms with Crippen LogP contribution in [0.5, 0.6) is 0 Å². The maximum absolute atomic E-state index is 5.89. The largest absolute Gasteiger partial charge is 0.439 e. The summed E-state index contributed by atoms with van der Waals surface area (Å²) in [6.07, 6.45) is 1.82. The molecule has 2 aromatic rings. The SMILES string of the molecule is CC1(C)CNCCN1Cc1ncc(-c2ccccc2)o1. The van der Waals surface area contributed by atoms with Gasteiger partial charge in [-0.05, 0) is 13.8 Å². The number of hydrogen-bond acceptors (Lipinski definition) is 4. The van der Waals surface area contributed by atoms with E-state index in [2.05, 4.69) is 29.0 Å². The van der Waals surface area contributed by atoms with Gasteiger partial charge in [-0.15, -0.1) is 0 Å². The average molecular weight is 271 g/mol. The van der Waals surface area contributed by atoms with Crippen LogP contribution in [0.25, 0.3) is 11.3 Å². The second-order valence-electron chi connectivity index (χ2n) is 5.90. The molecule has 106 valence electrons. The van der Waals surface area contributed by atoms with Crippen LogP contribution in [0.1, 0.15) is 19.7 Å². The van der Waals surface area contributed by atoms with Gasteiger partial charge in [0.2, 0.25) is 5.89 Å². The summed E-state index contributed by atoms with van der Waals surface area (Å²) in [5, 5.41) is 3.43. The second kappa shape index (κ2) is 5.38. The first-order valence-corrected chi connectivity index (χ1v) is 7.11. The summed E-state index contributed by atoms with van der Waals surface area (Å²) in [7, 11) is 0. The highest BCUT2D eigenvalue weighted by atomic mass is 16.4. The van der Waals surface area contributed by atoms with Crippen LogP contribution < -0.4 is 5.32 Å². The highest BCUT2D eigenvalue weighted by Crippen LogP contribution is 2.23. The van der Waals surface area contributed by atoms with Crippen LogP contribution in [0, 0.1) is 0 Å². The summed E-state index contributed by atoms with van der Waals surface area (Å²) in [4.78, 5) is 6.84. The molecule has 1 N–H and O–H groups in total. The topological polar surface area (TPSA) is 41.3 Å². The van der Waals surface area contributed by atoms with Crippen LogP contribution in [-0.4, -0.2) is 35.1 Å². The zero-order chi connectivity index (χ0) is 14.0. The smallest absolute Gasteiger partial charge is 0.209 e. The molecule has 1 saturated heterocycles. The van der Waals surface area contributed by atoms with Crippen molar-refractivity contribution in [3.05, 3.63) is 42.4 Å². The Balaban J connectivity index is 1.74. The fraction of sp³-hybridized carbons (Fsp3) is 0.438. The minimum atomic E-state index is 0.139. The molecule has 0 amide bonds. The van der Waals surface area contributed by atoms with Gasteiger partial charge in [-0.25, -0.2) is 4.98 Å². The molecule has 20 heavy (non-hydrogen) atoms. The van der Waals surface area contributed by atoms with E-state index in [4.69, 9.17) is 4.42 Å². The molecule has 0 aliphatic carbocycles. The molecule has 0 spiro atoms. The van der Waals surface area contributed by atoms with E-state index < -0.39 is 0 Å². The van der Waals surface area contributed by atoms with Crippen LogP contribution in [0.15, 0.2) is 40.9 Å². The highest BCUT2D eigenvalue weighted by Gasteiger charge is 2.30. The molecule has 1 fully saturated rings. The molecule has 2 heterocycles. The van der Waals surface area contributed by atoms with E-state index in [9.17, 15) is 0 Å². The monoisotopic (exact) mass is 271 g/mol. The first-order chi connectivity index (χ1) is 9.65. The lowest BCUT2D eigenvalue weighted by Gasteiger charge is -2.42. The maximum Gasteiger partial charge on any atom is 0.209 e. The molecule has 3 rings (SSSR count). The molecule has 4 heteroatoms. The van der Waals surface area contributed by atoms with Gasteiger partial charge in [0.1, 0.15) is 0 Å². The zero-order valence-electron chi connectivity index (χ0n) is 12.1. The third-order valence-corrected chi connectivity index (χ3v) is 3.91. The van der Waals surface area contributed by atoms with E-state index in [1.165, 1.54) is 0 Å². The maximum atomic E-state index is 5.89. The van der Waals surface area contributed by atoms with E-state index in [-0.39, 0.29) is 5.54 Å². The molecule has 0 unspecified atom stereocenters. The van der Waals surface area contributed by atoms with Crippen LogP contribution in [-0.2, 0) is 6.54 Å². The van der Waals surface area contributed by atoms with Gasteiger partial charge in [0, 0.05) is 30.7 Å². The first-order valence-electron chi connectivity index (χ1n) is 7.11. The lowest BCUT2D eigenvalue weighted by Crippen LogP contribution is -2.57. The average Bonchev–Trinajstić information content (AvgIpc) is 2.91. The number of hydrogen-bond donors (Lipinski definition) is 1. The lowest BCUT2D eigenvalue weighted by molar-refractivity contribution is 0.0737. The minimum Gasteiger partial charge on any atom is -0.439 e. The number of rotatable bonds is 3. The van der Waals surface area contributed by atoms with E-state index >= 15 is 0 Å². The number of oxazole rings is 1. The standard InChI is InChI=1S/C16H21N3O/c1-16(2)12-17-8-9-19(16)11-15-18-10-14(20-15)13-6-4-3-5-7-13/h3-7,10,17H,8-9,11-12H2,1-2H3. The van der Waals surface area contributed by atoms with E-state index in [0.717, 1.165) is 43.4 Å². The first kappa shape index (κ1) is 13.3. The molecule has 4 nitrogen and oxygen atoms in total. The molecular formula is C16H21N3O. The van der Waals surface area contributed by atoms with Crippen molar-refractivity contribution in [2.24, 2.45) is 0 Å². The van der Waals surface area contributed by atoms with Crippen molar-refractivity contribution in [3.8, 4) is 11.3 Å². The van der Waals surface area contributed by atoms with Crippen molar-refractivity contribution in [1.29, 1.82) is 0 Å². The van der Waals surface area contributed by atoms with Gasteiger partial charge in [-0.2, -0.15) is 0 Å². The Labute approximate surface area is 119 Å². The van der Waals surface area contributed by atoms with Gasteiger partial charge in [-0.1, -0.05) is 30.3 Å². The minimum absolute atomic E-state index is 0.139. The molecule has 1 aromatic carbocycles. The third kappa shape index (κ3) is 2.76. The molecule has 1 aromatic heterocycles. The van der Waals surface area contributed by atoms with Crippen molar-refractivity contribution < 1.29 is 4.42 Å². The number of nitrogens with zero attached hydrogens (tertiary/aromatic N) is 2. The van der Waals surface area contributed by atoms with Gasteiger partial charge in [0.15, 0.2) is 5.76 Å². The van der Waals surface area contributed by atoms with Crippen molar-refractivity contribution in [2.45, 2.75) is 25.9 Å². The van der Waals surface area contributed by atoms with Gasteiger partial charge >= 0.3 is 0 Å². The van der Waals surface area contributed by atoms with Gasteiger partial charge < -0.3 is 9.73 Å². The summed E-state index contributed by atoms with van der Waals surface area (Å²) in [5.41, 5.74) is 1.21. The van der Waals surface area contributed by atoms with Crippen LogP contribution in [0.4, 0.5) is 0 Å². The van der Waals surface area contributed by atoms with Crippen LogP contribution in [0.2, 0.25) is 0 Å². The number of piperazine rings is 1. The lowest BCUT2D eigenvalue weighted by atomic mass is 10.0. The van der Waals surface area contributed by atoms with Crippen LogP contribution >= 0.6 is 0 Å². The normalized spacial score (nSPS) is 19.1. The van der Waals surface area contributed by atoms with Gasteiger partial charge in [0.25, 0.3) is 0 Å². The predicted molar refractivity (Wildman–Crippen MR) is 79.3 cm³/mol. The molecule has 0 atom stereocenters. The quantitative estimate of drug-likeness (QED) is 0.931. The fourth-order valence-electron chi connectivity index (χ4n) is 2.60. The van der Waals surface area contributed by atoms with Crippen molar-refractivity contribution >= 4 is 0 Å². The molecule has 0 bridgehead atoms. The Bertz CT molecular complexity index is 562. The van der Waals surface area contributed by atoms with E-state index in [0.29, 0.717) is 0 Å². The van der Waals surface area contributed by atoms with Gasteiger partial charge in [-0.3, -0.25) is 4.90 Å². The Morgan fingerprint density at radius 2 is 2.10 bits per heavy atom. The van der Waals surface area contributed by atoms with E-state index in [1.807, 2.05) is 36.5 Å². The van der Waals surface area contributed by atoms with Crippen molar-refractivity contribution in [1.82, 2.24) is 15.2 Å². The summed E-state index contributed by atoms with van der Waals surface area (Å²) in [5.74, 6) is 1.63. The molecule has 0 radical (unpaired) electrons. The van der Waals surface area contributed by atoms with Gasteiger partial charge in [0.05, 0.1) is 12.7 Å². The predicted octanol–water partition coefficient (Wildman–Crippen LogP) is 2.53.